The summed E-state index contributed by atoms with van der Waals surface area (Å²) in [5.74, 6) is 6.75. The minimum Gasteiger partial charge on any atom is -0.684 e. The van der Waals surface area contributed by atoms with Gasteiger partial charge in [0.2, 0.25) is 0 Å². The van der Waals surface area contributed by atoms with Crippen LogP contribution < -0.4 is 0 Å². The summed E-state index contributed by atoms with van der Waals surface area (Å²) in [5.41, 5.74) is 5.93. The molecule has 4 saturated carbocycles. The predicted octanol–water partition coefficient (Wildman–Crippen LogP) is 24.2. The van der Waals surface area contributed by atoms with E-state index >= 15 is 0 Å². The van der Waals surface area contributed by atoms with E-state index in [4.69, 9.17) is 0 Å². The van der Waals surface area contributed by atoms with E-state index in [-0.39, 0.29) is 48.5 Å². The van der Waals surface area contributed by atoms with Gasteiger partial charge in [-0.15, -0.1) is 71.5 Å². The van der Waals surface area contributed by atoms with Crippen LogP contribution in [0.3, 0.4) is 0 Å². The summed E-state index contributed by atoms with van der Waals surface area (Å²) >= 11 is 24.6. The van der Waals surface area contributed by atoms with E-state index < -0.39 is 16.1 Å². The fourth-order valence-corrected chi connectivity index (χ4v) is 41.7. The first-order valence-corrected chi connectivity index (χ1v) is 39.7. The molecule has 0 N–H and O–H groups in total. The molecular formula is C61H94Br4N2S4Si2Zr. The van der Waals surface area contributed by atoms with Gasteiger partial charge in [0, 0.05) is 62.6 Å². The van der Waals surface area contributed by atoms with Crippen molar-refractivity contribution in [3.05, 3.63) is 124 Å². The number of allylic oxidation sites excluding steroid dienone is 8. The van der Waals surface area contributed by atoms with E-state index in [0.717, 1.165) is 121 Å². The van der Waals surface area contributed by atoms with Crippen LogP contribution in [0.2, 0.25) is 48.4 Å². The summed E-state index contributed by atoms with van der Waals surface area (Å²) in [7, 11) is -2.78. The minimum absolute atomic E-state index is 0. The Morgan fingerprint density at radius 1 is 0.459 bits per heavy atom. The topological polar surface area (TPSA) is 28.2 Å². The van der Waals surface area contributed by atoms with Crippen LogP contribution in [0.5, 0.6) is 0 Å². The average molecular weight is 1450 g/mol. The molecule has 74 heavy (non-hydrogen) atoms. The Balaban J connectivity index is 0.000000282. The van der Waals surface area contributed by atoms with Crippen molar-refractivity contribution in [3.63, 3.8) is 0 Å². The van der Waals surface area contributed by atoms with Crippen molar-refractivity contribution >= 4 is 138 Å². The van der Waals surface area contributed by atoms with Crippen LogP contribution in [0, 0.1) is 62.2 Å². The van der Waals surface area contributed by atoms with E-state index in [0.29, 0.717) is 0 Å². The maximum atomic E-state index is 4.48. The first-order valence-electron chi connectivity index (χ1n) is 26.7. The van der Waals surface area contributed by atoms with E-state index in [1.54, 1.807) is 19.6 Å². The van der Waals surface area contributed by atoms with Crippen molar-refractivity contribution in [1.82, 2.24) is 0 Å². The van der Waals surface area contributed by atoms with Crippen molar-refractivity contribution in [1.29, 1.82) is 0 Å². The molecule has 0 bridgehead atoms. The molecular weight excluding hydrogens is 1360 g/mol. The second-order valence-electron chi connectivity index (χ2n) is 23.5. The molecule has 0 aromatic heterocycles. The van der Waals surface area contributed by atoms with Gasteiger partial charge < -0.3 is 25.5 Å². The molecule has 0 spiro atoms. The van der Waals surface area contributed by atoms with Gasteiger partial charge in [0.25, 0.3) is 0 Å². The van der Waals surface area contributed by atoms with Crippen LogP contribution in [0.1, 0.15) is 115 Å². The maximum absolute atomic E-state index is 4.48. The molecule has 2 nitrogen and oxygen atoms in total. The SMILES string of the molecule is C.CC1=C(Br)C2CC(C)C([Si](C)(C)C3C(C)CC4C(Br)=C(C)SC43)C2S1.CC1=C(Br)C2CC(C)C([Si](C)(C)C3C(C)CC4C(Br)=C(C)SC43)C2S1.CCC.[CH3-].[CH3-].[Zr+4].c1ccc([N-]CCC[N-]c2ccccc2)cc1. The molecule has 2 aromatic carbocycles. The molecule has 4 aliphatic heterocycles. The summed E-state index contributed by atoms with van der Waals surface area (Å²) in [4.78, 5) is 6.24. The van der Waals surface area contributed by atoms with Gasteiger partial charge in [0.05, 0.1) is 16.1 Å². The monoisotopic (exact) mass is 1440 g/mol. The van der Waals surface area contributed by atoms with Crippen LogP contribution in [0.15, 0.2) is 98.2 Å². The summed E-state index contributed by atoms with van der Waals surface area (Å²) in [6.07, 6.45) is 7.85. The van der Waals surface area contributed by atoms with Crippen molar-refractivity contribution in [2.45, 2.75) is 185 Å². The average Bonchev–Trinajstić information content (AvgIpc) is 4.19. The summed E-state index contributed by atoms with van der Waals surface area (Å²) in [6.45, 7) is 36.5. The number of halogens is 4. The zero-order valence-corrected chi connectivity index (χ0v) is 61.3. The maximum Gasteiger partial charge on any atom is 4.00 e. The molecule has 412 valence electrons. The Morgan fingerprint density at radius 2 is 0.676 bits per heavy atom. The van der Waals surface area contributed by atoms with E-state index in [1.807, 2.05) is 60.7 Å². The molecule has 4 aliphatic carbocycles. The normalized spacial score (nSPS) is 34.3. The number of benzene rings is 2. The van der Waals surface area contributed by atoms with E-state index in [9.17, 15) is 0 Å². The fraction of sp³-hybridized carbons (Fsp3) is 0.639. The van der Waals surface area contributed by atoms with Crippen LogP contribution in [0.25, 0.3) is 10.6 Å². The first-order chi connectivity index (χ1) is 33.1. The number of nitrogens with zero attached hydrogens (tertiary/aromatic N) is 2. The van der Waals surface area contributed by atoms with Gasteiger partial charge in [-0.05, 0) is 119 Å². The molecule has 4 fully saturated rings. The largest absolute Gasteiger partial charge is 4.00 e. The van der Waals surface area contributed by atoms with Gasteiger partial charge in [-0.3, -0.25) is 0 Å². The molecule has 2 aromatic rings. The van der Waals surface area contributed by atoms with Crippen molar-refractivity contribution < 1.29 is 26.2 Å². The summed E-state index contributed by atoms with van der Waals surface area (Å²) in [6, 6.07) is 20.1. The number of thioether (sulfide) groups is 4. The second-order valence-corrected chi connectivity index (χ2v) is 42.4. The van der Waals surface area contributed by atoms with Gasteiger partial charge in [0.1, 0.15) is 0 Å². The Morgan fingerprint density at radius 3 is 0.892 bits per heavy atom. The van der Waals surface area contributed by atoms with Crippen LogP contribution in [-0.4, -0.2) is 50.2 Å². The molecule has 10 rings (SSSR count). The summed E-state index contributed by atoms with van der Waals surface area (Å²) in [5, 5.41) is 12.3. The zero-order valence-electron chi connectivity index (χ0n) is 47.2. The molecule has 8 aliphatic rings. The van der Waals surface area contributed by atoms with Crippen LogP contribution in [0.4, 0.5) is 11.4 Å². The van der Waals surface area contributed by atoms with Crippen molar-refractivity contribution in [2.75, 3.05) is 13.1 Å². The molecule has 13 heteroatoms. The van der Waals surface area contributed by atoms with Crippen molar-refractivity contribution in [3.8, 4) is 0 Å². The fourth-order valence-electron chi connectivity index (χ4n) is 15.3. The third-order valence-electron chi connectivity index (χ3n) is 17.7. The van der Waals surface area contributed by atoms with Crippen LogP contribution >= 0.6 is 111 Å². The Kier molecular flexibility index (Phi) is 28.6. The number of hydrogen-bond donors (Lipinski definition) is 0. The standard InChI is InChI=1S/2C20H30Br2S2Si.C15H16N2.C3H8.CH4.2CH3.Zr/c2*1-9-7-13-15(21)11(3)23-17(13)19(9)25(5,6)20-10(2)8-14-16(22)12(4)24-18(14)20;1-3-8-14(9-4-1)16-12-7-13-17-15-10-5-2-6-11-15;1-3-2;;;;/h2*9-10,13-14,17-20H,7-8H2,1-6H3;1-6,8-11H,7,12-13H2;3H2,1-2H3;1H4;2*1H3;/q;;-2;;;2*-1;+4. The Hall–Kier alpha value is 1.64. The third-order valence-corrected chi connectivity index (χ3v) is 40.9. The van der Waals surface area contributed by atoms with Gasteiger partial charge in [-0.1, -0.05) is 212 Å². The van der Waals surface area contributed by atoms with Gasteiger partial charge in [0.15, 0.2) is 0 Å². The number of para-hydroxylation sites is 2. The smallest absolute Gasteiger partial charge is 0.684 e. The zero-order chi connectivity index (χ0) is 51.0. The Bertz CT molecular complexity index is 1980. The van der Waals surface area contributed by atoms with E-state index in [1.165, 1.54) is 50.0 Å². The molecule has 0 amide bonds. The molecule has 0 saturated heterocycles. The quantitative estimate of drug-likeness (QED) is 0.135. The first kappa shape index (κ1) is 69.9. The Labute approximate surface area is 527 Å². The molecule has 16 atom stereocenters. The van der Waals surface area contributed by atoms with Gasteiger partial charge in [-0.25, -0.2) is 0 Å². The van der Waals surface area contributed by atoms with Gasteiger partial charge >= 0.3 is 26.2 Å². The number of hydrogen-bond acceptors (Lipinski definition) is 4. The predicted molar refractivity (Wildman–Crippen MR) is 360 cm³/mol. The molecule has 4 heterocycles. The summed E-state index contributed by atoms with van der Waals surface area (Å²) < 4.78 is 6.15. The van der Waals surface area contributed by atoms with Crippen LogP contribution in [-0.2, 0) is 26.2 Å². The number of rotatable bonds is 10. The van der Waals surface area contributed by atoms with Crippen molar-refractivity contribution in [2.24, 2.45) is 47.3 Å². The minimum atomic E-state index is -1.39. The second kappa shape index (κ2) is 30.3. The molecule has 16 unspecified atom stereocenters. The number of fused-ring (bicyclic) bond motifs is 4. The van der Waals surface area contributed by atoms with E-state index in [2.05, 4.69) is 217 Å². The third kappa shape index (κ3) is 14.9. The molecule has 0 radical (unpaired) electrons. The van der Waals surface area contributed by atoms with Gasteiger partial charge in [-0.2, -0.15) is 0 Å².